The van der Waals surface area contributed by atoms with Gasteiger partial charge in [0.05, 0.1) is 0 Å². The van der Waals surface area contributed by atoms with Gasteiger partial charge in [-0.05, 0) is 61.7 Å². The van der Waals surface area contributed by atoms with Gasteiger partial charge in [-0.25, -0.2) is 5.01 Å². The normalized spacial score (nSPS) is 50.4. The van der Waals surface area contributed by atoms with Crippen LogP contribution in [0.3, 0.4) is 0 Å². The fourth-order valence-corrected chi connectivity index (χ4v) is 4.67. The number of nitrogens with zero attached hydrogens (tertiary/aromatic N) is 1. The second-order valence-corrected chi connectivity index (χ2v) is 6.03. The topological polar surface area (TPSA) is 29.3 Å². The van der Waals surface area contributed by atoms with Crippen molar-refractivity contribution in [2.45, 2.75) is 32.1 Å². The van der Waals surface area contributed by atoms with Crippen LogP contribution >= 0.6 is 0 Å². The third kappa shape index (κ3) is 1.40. The molecule has 0 atom stereocenters. The molecule has 4 aliphatic carbocycles. The summed E-state index contributed by atoms with van der Waals surface area (Å²) in [6.45, 7) is 1.13. The highest BCUT2D eigenvalue weighted by Gasteiger charge is 2.47. The van der Waals surface area contributed by atoms with Crippen molar-refractivity contribution in [1.29, 1.82) is 0 Å². The van der Waals surface area contributed by atoms with E-state index in [1.165, 1.54) is 25.7 Å². The number of hydrazine groups is 1. The lowest BCUT2D eigenvalue weighted by molar-refractivity contribution is -0.0467. The summed E-state index contributed by atoms with van der Waals surface area (Å²) in [7, 11) is 2.02. The summed E-state index contributed by atoms with van der Waals surface area (Å²) in [6.07, 6.45) is 7.63. The van der Waals surface area contributed by atoms with E-state index < -0.39 is 0 Å². The lowest BCUT2D eigenvalue weighted by atomic mass is 9.52. The van der Waals surface area contributed by atoms with Crippen molar-refractivity contribution in [3.8, 4) is 0 Å². The molecule has 2 nitrogen and oxygen atoms in total. The predicted molar refractivity (Wildman–Crippen MR) is 57.4 cm³/mol. The lowest BCUT2D eigenvalue weighted by Gasteiger charge is -2.55. The van der Waals surface area contributed by atoms with E-state index in [1.807, 2.05) is 12.1 Å². The minimum Gasteiger partial charge on any atom is -0.269 e. The maximum Gasteiger partial charge on any atom is 0.0159 e. The van der Waals surface area contributed by atoms with E-state index in [2.05, 4.69) is 0 Å². The van der Waals surface area contributed by atoms with Crippen molar-refractivity contribution in [3.05, 3.63) is 0 Å². The van der Waals surface area contributed by atoms with Crippen LogP contribution in [0.4, 0.5) is 0 Å². The quantitative estimate of drug-likeness (QED) is 0.537. The van der Waals surface area contributed by atoms with E-state index in [1.54, 1.807) is 6.42 Å². The summed E-state index contributed by atoms with van der Waals surface area (Å²) >= 11 is 0. The van der Waals surface area contributed by atoms with Crippen molar-refractivity contribution in [3.63, 3.8) is 0 Å². The van der Waals surface area contributed by atoms with Gasteiger partial charge in [0.2, 0.25) is 0 Å². The Morgan fingerprint density at radius 3 is 1.93 bits per heavy atom. The Hall–Kier alpha value is -0.0800. The Bertz CT molecular complexity index is 196. The van der Waals surface area contributed by atoms with Gasteiger partial charge in [0.25, 0.3) is 0 Å². The third-order valence-corrected chi connectivity index (χ3v) is 4.92. The van der Waals surface area contributed by atoms with Crippen molar-refractivity contribution in [2.24, 2.45) is 35.4 Å². The zero-order chi connectivity index (χ0) is 9.71. The first-order chi connectivity index (χ1) is 6.72. The predicted octanol–water partition coefficient (Wildman–Crippen LogP) is 1.86. The molecule has 0 saturated heterocycles. The van der Waals surface area contributed by atoms with Crippen LogP contribution in [0.1, 0.15) is 32.1 Å². The highest BCUT2D eigenvalue weighted by atomic mass is 15.4. The van der Waals surface area contributed by atoms with Gasteiger partial charge in [-0.1, -0.05) is 0 Å². The molecule has 4 rings (SSSR count). The second-order valence-electron chi connectivity index (χ2n) is 6.03. The zero-order valence-electron chi connectivity index (χ0n) is 9.15. The van der Waals surface area contributed by atoms with Crippen LogP contribution in [0.2, 0.25) is 0 Å². The Morgan fingerprint density at radius 1 is 1.00 bits per heavy atom. The van der Waals surface area contributed by atoms with Gasteiger partial charge in [-0.15, -0.1) is 0 Å². The van der Waals surface area contributed by atoms with E-state index in [4.69, 9.17) is 5.84 Å². The molecular formula is C12H22N2. The molecule has 4 bridgehead atoms. The van der Waals surface area contributed by atoms with E-state index in [9.17, 15) is 0 Å². The molecule has 0 heterocycles. The average Bonchev–Trinajstić information content (AvgIpc) is 2.09. The standard InChI is InChI=1S/C12H22N2/c1-14(13)7-12-10-3-8-2-9(5-10)6-11(12)4-8/h8-12H,2-7,13H2,1H3. The summed E-state index contributed by atoms with van der Waals surface area (Å²) in [6, 6.07) is 0. The Balaban J connectivity index is 1.74. The third-order valence-electron chi connectivity index (χ3n) is 4.92. The minimum absolute atomic E-state index is 0.929. The van der Waals surface area contributed by atoms with Crippen molar-refractivity contribution in [1.82, 2.24) is 5.01 Å². The van der Waals surface area contributed by atoms with Crippen LogP contribution in [0.5, 0.6) is 0 Å². The van der Waals surface area contributed by atoms with Crippen molar-refractivity contribution >= 4 is 0 Å². The average molecular weight is 194 g/mol. The summed E-state index contributed by atoms with van der Waals surface area (Å²) in [5.74, 6) is 11.0. The number of hydrogen-bond acceptors (Lipinski definition) is 2. The van der Waals surface area contributed by atoms with Gasteiger partial charge in [-0.3, -0.25) is 5.84 Å². The van der Waals surface area contributed by atoms with Crippen LogP contribution in [0.15, 0.2) is 0 Å². The van der Waals surface area contributed by atoms with Crippen LogP contribution in [0, 0.1) is 29.6 Å². The van der Waals surface area contributed by atoms with Crippen LogP contribution in [-0.4, -0.2) is 18.6 Å². The molecule has 4 fully saturated rings. The molecule has 0 aromatic rings. The molecule has 0 unspecified atom stereocenters. The Morgan fingerprint density at radius 2 is 1.50 bits per heavy atom. The molecule has 0 radical (unpaired) electrons. The zero-order valence-corrected chi connectivity index (χ0v) is 9.15. The van der Waals surface area contributed by atoms with Crippen molar-refractivity contribution < 1.29 is 0 Å². The largest absolute Gasteiger partial charge is 0.269 e. The highest BCUT2D eigenvalue weighted by Crippen LogP contribution is 2.56. The molecule has 2 N–H and O–H groups in total. The lowest BCUT2D eigenvalue weighted by Crippen LogP contribution is -2.49. The molecule has 80 valence electrons. The molecule has 0 aromatic carbocycles. The van der Waals surface area contributed by atoms with Gasteiger partial charge < -0.3 is 0 Å². The van der Waals surface area contributed by atoms with Gasteiger partial charge >= 0.3 is 0 Å². The molecular weight excluding hydrogens is 172 g/mol. The molecule has 2 heteroatoms. The first kappa shape index (κ1) is 9.17. The van der Waals surface area contributed by atoms with Gasteiger partial charge in [0, 0.05) is 13.6 Å². The van der Waals surface area contributed by atoms with Gasteiger partial charge in [0.15, 0.2) is 0 Å². The SMILES string of the molecule is CN(N)CC1C2CC3CC(C2)CC1C3. The molecule has 0 spiro atoms. The summed E-state index contributed by atoms with van der Waals surface area (Å²) < 4.78 is 0. The number of rotatable bonds is 2. The van der Waals surface area contributed by atoms with Crippen LogP contribution in [-0.2, 0) is 0 Å². The number of hydrogen-bond donors (Lipinski definition) is 1. The molecule has 0 aliphatic heterocycles. The first-order valence-electron chi connectivity index (χ1n) is 6.18. The summed E-state index contributed by atoms with van der Waals surface area (Å²) in [5, 5.41) is 1.91. The number of nitrogens with two attached hydrogens (primary N) is 1. The smallest absolute Gasteiger partial charge is 0.0159 e. The van der Waals surface area contributed by atoms with Crippen molar-refractivity contribution in [2.75, 3.05) is 13.6 Å². The van der Waals surface area contributed by atoms with Gasteiger partial charge in [-0.2, -0.15) is 0 Å². The minimum atomic E-state index is 0.929. The maximum atomic E-state index is 5.81. The van der Waals surface area contributed by atoms with E-state index in [0.29, 0.717) is 0 Å². The Kier molecular flexibility index (Phi) is 2.10. The summed E-state index contributed by atoms with van der Waals surface area (Å²) in [4.78, 5) is 0. The molecule has 4 aliphatic rings. The van der Waals surface area contributed by atoms with Crippen LogP contribution < -0.4 is 5.84 Å². The molecule has 14 heavy (non-hydrogen) atoms. The maximum absolute atomic E-state index is 5.81. The summed E-state index contributed by atoms with van der Waals surface area (Å²) in [5.41, 5.74) is 0. The van der Waals surface area contributed by atoms with Gasteiger partial charge in [0.1, 0.15) is 0 Å². The highest BCUT2D eigenvalue weighted by molar-refractivity contribution is 4.98. The fourth-order valence-electron chi connectivity index (χ4n) is 4.67. The fraction of sp³-hybridized carbons (Fsp3) is 1.00. The molecule has 4 saturated carbocycles. The first-order valence-corrected chi connectivity index (χ1v) is 6.18. The van der Waals surface area contributed by atoms with Crippen LogP contribution in [0.25, 0.3) is 0 Å². The monoisotopic (exact) mass is 194 g/mol. The van der Waals surface area contributed by atoms with E-state index >= 15 is 0 Å². The molecule has 0 aromatic heterocycles. The molecule has 0 amide bonds. The van der Waals surface area contributed by atoms with E-state index in [-0.39, 0.29) is 0 Å². The Labute approximate surface area is 86.8 Å². The second kappa shape index (κ2) is 3.21. The van der Waals surface area contributed by atoms with E-state index in [0.717, 1.165) is 36.1 Å².